The highest BCUT2D eigenvalue weighted by atomic mass is 16.6. The molecule has 0 spiro atoms. The van der Waals surface area contributed by atoms with Crippen LogP contribution in [0.25, 0.3) is 0 Å². The minimum absolute atomic E-state index is 0.0990. The van der Waals surface area contributed by atoms with Crippen LogP contribution in [-0.4, -0.2) is 31.4 Å². The first-order valence-electron chi connectivity index (χ1n) is 9.89. The number of hydrogen-bond acceptors (Lipinski definition) is 5. The second-order valence-corrected chi connectivity index (χ2v) is 6.55. The first-order chi connectivity index (χ1) is 13.6. The van der Waals surface area contributed by atoms with Crippen LogP contribution in [0.4, 0.5) is 0 Å². The minimum atomic E-state index is -0.374. The molecule has 0 N–H and O–H groups in total. The second-order valence-electron chi connectivity index (χ2n) is 6.55. The summed E-state index contributed by atoms with van der Waals surface area (Å²) in [6.07, 6.45) is 2.95. The topological polar surface area (TPSA) is 57.7 Å². The van der Waals surface area contributed by atoms with Gasteiger partial charge in [0, 0.05) is 0 Å². The van der Waals surface area contributed by atoms with Gasteiger partial charge in [0.2, 0.25) is 0 Å². The van der Waals surface area contributed by atoms with E-state index in [4.69, 9.17) is 19.2 Å². The van der Waals surface area contributed by atoms with E-state index in [-0.39, 0.29) is 18.7 Å². The number of unbranched alkanes of at least 4 members (excludes halogenated alkanes) is 1. The summed E-state index contributed by atoms with van der Waals surface area (Å²) in [5, 5.41) is 0. The fourth-order valence-corrected chi connectivity index (χ4v) is 2.83. The summed E-state index contributed by atoms with van der Waals surface area (Å²) in [5.74, 6) is 1.03. The predicted molar refractivity (Wildman–Crippen MR) is 112 cm³/mol. The zero-order valence-electron chi connectivity index (χ0n) is 17.2. The third kappa shape index (κ3) is 6.59. The zero-order chi connectivity index (χ0) is 20.4. The van der Waals surface area contributed by atoms with Crippen LogP contribution in [0.5, 0.6) is 11.5 Å². The molecule has 5 nitrogen and oxygen atoms in total. The monoisotopic (exact) mass is 382 g/mol. The first kappa shape index (κ1) is 21.8. The molecular formula is C22H29BNO4. The summed E-state index contributed by atoms with van der Waals surface area (Å²) < 4.78 is 16.7. The van der Waals surface area contributed by atoms with Gasteiger partial charge in [0.25, 0.3) is 0 Å². The Hall–Kier alpha value is -2.50. The van der Waals surface area contributed by atoms with Crippen LogP contribution in [0.3, 0.4) is 0 Å². The van der Waals surface area contributed by atoms with Crippen molar-refractivity contribution in [2.45, 2.75) is 53.0 Å². The number of aromatic nitrogens is 1. The number of aryl methyl sites for hydroxylation is 1. The number of benzene rings is 1. The van der Waals surface area contributed by atoms with Gasteiger partial charge in [-0.1, -0.05) is 32.3 Å². The van der Waals surface area contributed by atoms with Crippen molar-refractivity contribution in [3.05, 3.63) is 47.7 Å². The fraction of sp³-hybridized carbons (Fsp3) is 0.455. The van der Waals surface area contributed by atoms with E-state index in [2.05, 4.69) is 6.92 Å². The van der Waals surface area contributed by atoms with Gasteiger partial charge in [-0.25, -0.2) is 4.79 Å². The van der Waals surface area contributed by atoms with Gasteiger partial charge in [-0.05, 0) is 62.1 Å². The van der Waals surface area contributed by atoms with E-state index in [1.807, 2.05) is 57.4 Å². The molecule has 0 aliphatic carbocycles. The van der Waals surface area contributed by atoms with Crippen molar-refractivity contribution in [1.29, 1.82) is 0 Å². The van der Waals surface area contributed by atoms with Crippen LogP contribution in [0.15, 0.2) is 36.4 Å². The SMILES string of the molecule is C[B]c1cccc(C(CCCC)Oc2ccc(OCC(=O)OCC)c(C)c2)n1. The van der Waals surface area contributed by atoms with Gasteiger partial charge in [-0.3, -0.25) is 4.98 Å². The lowest BCUT2D eigenvalue weighted by Crippen LogP contribution is -2.20. The molecule has 2 rings (SSSR count). The van der Waals surface area contributed by atoms with Crippen LogP contribution in [0, 0.1) is 6.92 Å². The normalized spacial score (nSPS) is 11.6. The van der Waals surface area contributed by atoms with Crippen LogP contribution in [-0.2, 0) is 9.53 Å². The number of nitrogens with zero attached hydrogens (tertiary/aromatic N) is 1. The third-order valence-corrected chi connectivity index (χ3v) is 4.31. The number of carbonyl (C=O) groups excluding carboxylic acids is 1. The maximum atomic E-state index is 11.5. The molecule has 0 aliphatic heterocycles. The Kier molecular flexibility index (Phi) is 8.85. The molecule has 1 aromatic heterocycles. The molecule has 0 saturated carbocycles. The van der Waals surface area contributed by atoms with E-state index in [1.54, 1.807) is 6.92 Å². The molecule has 1 unspecified atom stereocenters. The molecule has 0 saturated heterocycles. The predicted octanol–water partition coefficient (Wildman–Crippen LogP) is 4.02. The maximum absolute atomic E-state index is 11.5. The molecule has 1 atom stereocenters. The minimum Gasteiger partial charge on any atom is -0.484 e. The first-order valence-corrected chi connectivity index (χ1v) is 9.89. The molecular weight excluding hydrogens is 353 g/mol. The number of esters is 1. The highest BCUT2D eigenvalue weighted by Gasteiger charge is 2.16. The largest absolute Gasteiger partial charge is 0.484 e. The lowest BCUT2D eigenvalue weighted by atomic mass is 9.77. The van der Waals surface area contributed by atoms with E-state index in [0.717, 1.165) is 41.9 Å². The average molecular weight is 382 g/mol. The van der Waals surface area contributed by atoms with Gasteiger partial charge in [0.15, 0.2) is 13.9 Å². The van der Waals surface area contributed by atoms with Gasteiger partial charge in [0.05, 0.1) is 12.3 Å². The van der Waals surface area contributed by atoms with Crippen molar-refractivity contribution in [1.82, 2.24) is 4.98 Å². The number of rotatable bonds is 11. The van der Waals surface area contributed by atoms with Gasteiger partial charge in [0.1, 0.15) is 17.6 Å². The maximum Gasteiger partial charge on any atom is 0.344 e. The lowest BCUT2D eigenvalue weighted by molar-refractivity contribution is -0.145. The molecule has 0 fully saturated rings. The molecule has 6 heteroatoms. The fourth-order valence-electron chi connectivity index (χ4n) is 2.83. The summed E-state index contributed by atoms with van der Waals surface area (Å²) in [6, 6.07) is 11.6. The van der Waals surface area contributed by atoms with Crippen molar-refractivity contribution >= 4 is 18.8 Å². The summed E-state index contributed by atoms with van der Waals surface area (Å²) in [6.45, 7) is 8.09. The highest BCUT2D eigenvalue weighted by Crippen LogP contribution is 2.29. The Balaban J connectivity index is 2.10. The van der Waals surface area contributed by atoms with E-state index in [9.17, 15) is 4.79 Å². The smallest absolute Gasteiger partial charge is 0.344 e. The molecule has 1 heterocycles. The Labute approximate surface area is 168 Å². The Morgan fingerprint density at radius 2 is 2.04 bits per heavy atom. The van der Waals surface area contributed by atoms with Crippen molar-refractivity contribution < 1.29 is 19.0 Å². The number of carbonyl (C=O) groups is 1. The summed E-state index contributed by atoms with van der Waals surface area (Å²) in [7, 11) is 1.99. The summed E-state index contributed by atoms with van der Waals surface area (Å²) in [5.41, 5.74) is 2.78. The third-order valence-electron chi connectivity index (χ3n) is 4.31. The average Bonchev–Trinajstić information content (AvgIpc) is 2.70. The molecule has 2 aromatic rings. The number of pyridine rings is 1. The Morgan fingerprint density at radius 1 is 1.21 bits per heavy atom. The van der Waals surface area contributed by atoms with Crippen LogP contribution in [0.1, 0.15) is 50.5 Å². The van der Waals surface area contributed by atoms with E-state index >= 15 is 0 Å². The number of hydrogen-bond donors (Lipinski definition) is 0. The van der Waals surface area contributed by atoms with Crippen LogP contribution in [0.2, 0.25) is 6.82 Å². The van der Waals surface area contributed by atoms with Crippen molar-refractivity contribution in [3.63, 3.8) is 0 Å². The van der Waals surface area contributed by atoms with Crippen molar-refractivity contribution in [2.24, 2.45) is 0 Å². The zero-order valence-corrected chi connectivity index (χ0v) is 17.2. The molecule has 0 bridgehead atoms. The Bertz CT molecular complexity index is 766. The van der Waals surface area contributed by atoms with Gasteiger partial charge < -0.3 is 14.2 Å². The van der Waals surface area contributed by atoms with Crippen molar-refractivity contribution in [3.8, 4) is 11.5 Å². The van der Waals surface area contributed by atoms with E-state index in [0.29, 0.717) is 12.4 Å². The Morgan fingerprint density at radius 3 is 2.71 bits per heavy atom. The quantitative estimate of drug-likeness (QED) is 0.434. The van der Waals surface area contributed by atoms with Crippen LogP contribution >= 0.6 is 0 Å². The number of ether oxygens (including phenoxy) is 3. The molecule has 0 aliphatic rings. The van der Waals surface area contributed by atoms with Crippen LogP contribution < -0.4 is 15.1 Å². The molecule has 28 heavy (non-hydrogen) atoms. The van der Waals surface area contributed by atoms with Gasteiger partial charge in [-0.15, -0.1) is 0 Å². The molecule has 0 amide bonds. The standard InChI is InChI=1S/C22H29BNO4/c1-5-7-10-20(18-9-8-11-21(23-4)24-18)28-17-12-13-19(16(3)14-17)27-15-22(25)26-6-2/h8-9,11-14,20H,5-7,10,15H2,1-4H3. The highest BCUT2D eigenvalue weighted by molar-refractivity contribution is 6.50. The van der Waals surface area contributed by atoms with Gasteiger partial charge in [-0.2, -0.15) is 0 Å². The summed E-state index contributed by atoms with van der Waals surface area (Å²) in [4.78, 5) is 16.2. The molecule has 1 radical (unpaired) electrons. The van der Waals surface area contributed by atoms with E-state index < -0.39 is 0 Å². The second kappa shape index (κ2) is 11.4. The molecule has 149 valence electrons. The van der Waals surface area contributed by atoms with Gasteiger partial charge >= 0.3 is 5.97 Å². The van der Waals surface area contributed by atoms with Crippen molar-refractivity contribution in [2.75, 3.05) is 13.2 Å². The lowest BCUT2D eigenvalue weighted by Gasteiger charge is -2.20. The molecule has 1 aromatic carbocycles. The summed E-state index contributed by atoms with van der Waals surface area (Å²) >= 11 is 0. The van der Waals surface area contributed by atoms with E-state index in [1.165, 1.54) is 0 Å².